The first-order valence-corrected chi connectivity index (χ1v) is 16.1. The summed E-state index contributed by atoms with van der Waals surface area (Å²) in [5, 5.41) is 7.65. The van der Waals surface area contributed by atoms with Crippen LogP contribution in [0.25, 0.3) is 10.8 Å². The van der Waals surface area contributed by atoms with Crippen molar-refractivity contribution in [1.82, 2.24) is 4.98 Å². The number of nitrogens with one attached hydrogen (secondary N) is 2. The first kappa shape index (κ1) is 30.8. The van der Waals surface area contributed by atoms with E-state index in [1.807, 2.05) is 78.9 Å². The molecule has 2 amide bonds. The number of carbonyl (C=O) groups excluding carboxylic acids is 1. The minimum Gasteiger partial charge on any atom is -0.494 e. The summed E-state index contributed by atoms with van der Waals surface area (Å²) in [6, 6.07) is 28.9. The van der Waals surface area contributed by atoms with E-state index in [0.717, 1.165) is 27.6 Å². The minimum absolute atomic E-state index is 0.188. The molecule has 0 saturated heterocycles. The van der Waals surface area contributed by atoms with Gasteiger partial charge < -0.3 is 20.1 Å². The molecular formula is C36H37N3O4S. The van der Waals surface area contributed by atoms with Crippen LogP contribution in [-0.2, 0) is 28.4 Å². The van der Waals surface area contributed by atoms with Gasteiger partial charge in [0.25, 0.3) is 0 Å². The Bertz CT molecular complexity index is 1820. The first-order chi connectivity index (χ1) is 21.1. The number of methoxy groups -OCH3 is 1. The Kier molecular flexibility index (Phi) is 9.30. The number of urea groups is 1. The Morgan fingerprint density at radius 3 is 2.27 bits per heavy atom. The topological polar surface area (TPSA) is 89.5 Å². The molecule has 4 aromatic carbocycles. The molecule has 0 fully saturated rings. The molecule has 0 saturated carbocycles. The van der Waals surface area contributed by atoms with Gasteiger partial charge in [0, 0.05) is 57.8 Å². The molecule has 226 valence electrons. The third-order valence-corrected chi connectivity index (χ3v) is 7.94. The lowest BCUT2D eigenvalue weighted by atomic mass is 9.85. The van der Waals surface area contributed by atoms with Crippen molar-refractivity contribution in [1.29, 1.82) is 0 Å². The summed E-state index contributed by atoms with van der Waals surface area (Å²) in [6.07, 6.45) is 4.11. The summed E-state index contributed by atoms with van der Waals surface area (Å²) in [7, 11) is 0.469. The van der Waals surface area contributed by atoms with Crippen LogP contribution in [0.4, 0.5) is 16.2 Å². The molecule has 0 bridgehead atoms. The zero-order chi connectivity index (χ0) is 31.3. The van der Waals surface area contributed by atoms with Gasteiger partial charge in [-0.25, -0.2) is 4.79 Å². The van der Waals surface area contributed by atoms with E-state index in [9.17, 15) is 9.00 Å². The highest BCUT2D eigenvalue weighted by Crippen LogP contribution is 2.37. The second-order valence-corrected chi connectivity index (χ2v) is 13.1. The van der Waals surface area contributed by atoms with Gasteiger partial charge >= 0.3 is 6.03 Å². The van der Waals surface area contributed by atoms with Gasteiger partial charge in [-0.2, -0.15) is 0 Å². The smallest absolute Gasteiger partial charge is 0.323 e. The van der Waals surface area contributed by atoms with E-state index < -0.39 is 16.8 Å². The molecule has 7 nitrogen and oxygen atoms in total. The molecule has 0 aliphatic heterocycles. The van der Waals surface area contributed by atoms with E-state index in [1.54, 1.807) is 19.6 Å². The number of hydrogen-bond acceptors (Lipinski definition) is 5. The largest absolute Gasteiger partial charge is 0.494 e. The predicted octanol–water partition coefficient (Wildman–Crippen LogP) is 8.45. The lowest BCUT2D eigenvalue weighted by Gasteiger charge is -2.24. The molecule has 0 spiro atoms. The van der Waals surface area contributed by atoms with Crippen LogP contribution in [0.1, 0.15) is 43.2 Å². The Morgan fingerprint density at radius 1 is 0.864 bits per heavy atom. The summed E-state index contributed by atoms with van der Waals surface area (Å²) in [4.78, 5) is 17.9. The highest BCUT2D eigenvalue weighted by atomic mass is 32.2. The fourth-order valence-electron chi connectivity index (χ4n) is 5.08. The molecule has 1 aromatic heterocycles. The molecule has 1 atom stereocenters. The van der Waals surface area contributed by atoms with E-state index in [0.29, 0.717) is 40.8 Å². The zero-order valence-corrected chi connectivity index (χ0v) is 26.5. The molecule has 5 aromatic rings. The maximum Gasteiger partial charge on any atom is 0.323 e. The molecular weight excluding hydrogens is 570 g/mol. The second-order valence-electron chi connectivity index (χ2n) is 11.7. The van der Waals surface area contributed by atoms with E-state index in [4.69, 9.17) is 9.47 Å². The van der Waals surface area contributed by atoms with Gasteiger partial charge in [0.15, 0.2) is 0 Å². The molecule has 8 heteroatoms. The SMILES string of the molecule is COc1c(CS(C)=O)cc(C(C)(C)C)cc1NC(=O)Nc1ccc(Oc2ccnc(Cc3ccccc3)c2)c2ccccc12. The van der Waals surface area contributed by atoms with Gasteiger partial charge in [0.05, 0.1) is 24.2 Å². The lowest BCUT2D eigenvalue weighted by molar-refractivity contribution is 0.262. The molecule has 2 N–H and O–H groups in total. The van der Waals surface area contributed by atoms with Crippen LogP contribution < -0.4 is 20.1 Å². The molecule has 0 aliphatic rings. The quantitative estimate of drug-likeness (QED) is 0.176. The fourth-order valence-corrected chi connectivity index (χ4v) is 5.73. The Morgan fingerprint density at radius 2 is 1.57 bits per heavy atom. The monoisotopic (exact) mass is 607 g/mol. The Hall–Kier alpha value is -4.69. The number of ether oxygens (including phenoxy) is 2. The fraction of sp³-hybridized carbons (Fsp3) is 0.222. The van der Waals surface area contributed by atoms with Crippen LogP contribution in [0.2, 0.25) is 0 Å². The van der Waals surface area contributed by atoms with Crippen LogP contribution in [-0.4, -0.2) is 28.6 Å². The predicted molar refractivity (Wildman–Crippen MR) is 180 cm³/mol. The van der Waals surface area contributed by atoms with Crippen molar-refractivity contribution in [3.8, 4) is 17.2 Å². The number of pyridine rings is 1. The molecule has 0 aliphatic carbocycles. The van der Waals surface area contributed by atoms with Gasteiger partial charge in [0.2, 0.25) is 0 Å². The third kappa shape index (κ3) is 7.44. The number of carbonyl (C=O) groups is 1. The number of amides is 2. The van der Waals surface area contributed by atoms with Crippen LogP contribution in [0.5, 0.6) is 17.2 Å². The zero-order valence-electron chi connectivity index (χ0n) is 25.6. The summed E-state index contributed by atoms with van der Waals surface area (Å²) >= 11 is 0. The van der Waals surface area contributed by atoms with E-state index in [-0.39, 0.29) is 5.41 Å². The highest BCUT2D eigenvalue weighted by molar-refractivity contribution is 7.83. The van der Waals surface area contributed by atoms with Crippen molar-refractivity contribution in [2.45, 2.75) is 38.4 Å². The normalized spacial score (nSPS) is 12.0. The lowest BCUT2D eigenvalue weighted by Crippen LogP contribution is -2.21. The summed E-state index contributed by atoms with van der Waals surface area (Å²) in [5.41, 5.74) is 4.83. The number of nitrogens with zero attached hydrogens (tertiary/aromatic N) is 1. The number of anilines is 2. The molecule has 5 rings (SSSR count). The average Bonchev–Trinajstić information content (AvgIpc) is 2.98. The van der Waals surface area contributed by atoms with Gasteiger partial charge in [-0.15, -0.1) is 0 Å². The van der Waals surface area contributed by atoms with E-state index in [1.165, 1.54) is 5.56 Å². The van der Waals surface area contributed by atoms with Crippen molar-refractivity contribution in [2.24, 2.45) is 0 Å². The molecule has 1 unspecified atom stereocenters. The van der Waals surface area contributed by atoms with Gasteiger partial charge in [-0.3, -0.25) is 9.19 Å². The van der Waals surface area contributed by atoms with E-state index in [2.05, 4.69) is 48.5 Å². The van der Waals surface area contributed by atoms with Gasteiger partial charge in [-0.1, -0.05) is 81.4 Å². The summed E-state index contributed by atoms with van der Waals surface area (Å²) in [5.74, 6) is 2.17. The second kappa shape index (κ2) is 13.3. The highest BCUT2D eigenvalue weighted by Gasteiger charge is 2.21. The molecule has 1 heterocycles. The maximum absolute atomic E-state index is 13.4. The van der Waals surface area contributed by atoms with Crippen molar-refractivity contribution in [3.05, 3.63) is 120 Å². The summed E-state index contributed by atoms with van der Waals surface area (Å²) < 4.78 is 24.1. The van der Waals surface area contributed by atoms with Crippen LogP contribution in [0.3, 0.4) is 0 Å². The van der Waals surface area contributed by atoms with Gasteiger partial charge in [-0.05, 0) is 40.8 Å². The molecule has 44 heavy (non-hydrogen) atoms. The van der Waals surface area contributed by atoms with Crippen molar-refractivity contribution in [3.63, 3.8) is 0 Å². The van der Waals surface area contributed by atoms with Crippen molar-refractivity contribution < 1.29 is 18.5 Å². The number of aromatic nitrogens is 1. The first-order valence-electron chi connectivity index (χ1n) is 14.4. The standard InChI is InChI=1S/C36H37N3O4S/c1-36(2,3)26-20-25(23-44(5)41)34(42-4)32(21-26)39-35(40)38-31-15-16-33(30-14-10-9-13-29(30)31)43-28-17-18-37-27(22-28)19-24-11-7-6-8-12-24/h6-18,20-22H,19,23H2,1-5H3,(H2,38,39,40). The van der Waals surface area contributed by atoms with Crippen LogP contribution >= 0.6 is 0 Å². The number of fused-ring (bicyclic) bond motifs is 1. The number of hydrogen-bond donors (Lipinski definition) is 2. The number of benzene rings is 4. The Labute approximate surface area is 261 Å². The average molecular weight is 608 g/mol. The van der Waals surface area contributed by atoms with Crippen LogP contribution in [0.15, 0.2) is 97.2 Å². The van der Waals surface area contributed by atoms with E-state index >= 15 is 0 Å². The van der Waals surface area contributed by atoms with Crippen molar-refractivity contribution in [2.75, 3.05) is 24.0 Å². The van der Waals surface area contributed by atoms with Crippen molar-refractivity contribution >= 4 is 39.0 Å². The summed E-state index contributed by atoms with van der Waals surface area (Å²) in [6.45, 7) is 6.28. The van der Waals surface area contributed by atoms with Crippen LogP contribution in [0, 0.1) is 0 Å². The Balaban J connectivity index is 1.39. The third-order valence-electron chi connectivity index (χ3n) is 7.22. The number of rotatable bonds is 9. The maximum atomic E-state index is 13.4. The molecule has 0 radical (unpaired) electrons. The minimum atomic E-state index is -1.08. The van der Waals surface area contributed by atoms with Gasteiger partial charge in [0.1, 0.15) is 17.2 Å².